The Balaban J connectivity index is 1.64. The summed E-state index contributed by atoms with van der Waals surface area (Å²) >= 11 is 1.59. The summed E-state index contributed by atoms with van der Waals surface area (Å²) < 4.78 is 6.33. The molecule has 0 saturated carbocycles. The zero-order chi connectivity index (χ0) is 17.7. The summed E-state index contributed by atoms with van der Waals surface area (Å²) in [6.45, 7) is 2.61. The van der Waals surface area contributed by atoms with Crippen LogP contribution in [0.5, 0.6) is 0 Å². The van der Waals surface area contributed by atoms with Gasteiger partial charge in [0.1, 0.15) is 11.0 Å². The van der Waals surface area contributed by atoms with E-state index in [-0.39, 0.29) is 17.7 Å². The molecule has 0 spiro atoms. The van der Waals surface area contributed by atoms with Crippen molar-refractivity contribution in [3.8, 4) is 0 Å². The Kier molecular flexibility index (Phi) is 3.39. The summed E-state index contributed by atoms with van der Waals surface area (Å²) in [6, 6.07) is 5.87. The van der Waals surface area contributed by atoms with Crippen LogP contribution in [0.25, 0.3) is 10.2 Å². The molecule has 1 aromatic carbocycles. The van der Waals surface area contributed by atoms with Gasteiger partial charge in [-0.05, 0) is 24.6 Å². The first kappa shape index (κ1) is 15.3. The van der Waals surface area contributed by atoms with Gasteiger partial charge in [0.25, 0.3) is 5.91 Å². The fourth-order valence-electron chi connectivity index (χ4n) is 3.38. The molecule has 5 rings (SSSR count). The molecular weight excluding hydrogens is 350 g/mol. The van der Waals surface area contributed by atoms with E-state index in [0.29, 0.717) is 6.54 Å². The standard InChI is InChI=1S/C18H15N5O2S/c1-10-2-3-14-12(6-10)22-17(26-14)16-15-11(20-8-21-15)4-5-23(16)18(24)13-7-19-9-25-13/h2-3,6-9,16H,4-5H2,1H3,(H,20,21)/t16-/m0/s1. The molecule has 0 bridgehead atoms. The van der Waals surface area contributed by atoms with E-state index in [1.54, 1.807) is 22.6 Å². The van der Waals surface area contributed by atoms with Crippen molar-refractivity contribution in [3.05, 3.63) is 64.8 Å². The molecule has 1 aliphatic heterocycles. The topological polar surface area (TPSA) is 87.9 Å². The second-order valence-corrected chi connectivity index (χ2v) is 7.37. The van der Waals surface area contributed by atoms with E-state index in [4.69, 9.17) is 9.40 Å². The lowest BCUT2D eigenvalue weighted by molar-refractivity contribution is 0.0658. The zero-order valence-electron chi connectivity index (χ0n) is 14.0. The minimum absolute atomic E-state index is 0.198. The largest absolute Gasteiger partial charge is 0.438 e. The van der Waals surface area contributed by atoms with Crippen LogP contribution in [0.1, 0.15) is 38.6 Å². The number of amides is 1. The highest BCUT2D eigenvalue weighted by atomic mass is 32.1. The van der Waals surface area contributed by atoms with Gasteiger partial charge in [0.15, 0.2) is 6.39 Å². The van der Waals surface area contributed by atoms with E-state index in [1.807, 2.05) is 6.92 Å². The summed E-state index contributed by atoms with van der Waals surface area (Å²) in [5.74, 6) is 0.0301. The van der Waals surface area contributed by atoms with Gasteiger partial charge in [-0.3, -0.25) is 4.79 Å². The Morgan fingerprint density at radius 3 is 3.19 bits per heavy atom. The number of aromatic nitrogens is 4. The minimum atomic E-state index is -0.333. The number of carbonyl (C=O) groups excluding carboxylic acids is 1. The number of aromatic amines is 1. The van der Waals surface area contributed by atoms with Crippen molar-refractivity contribution in [2.24, 2.45) is 0 Å². The highest BCUT2D eigenvalue weighted by Gasteiger charge is 2.37. The molecule has 0 fully saturated rings. The van der Waals surface area contributed by atoms with E-state index in [9.17, 15) is 4.79 Å². The summed E-state index contributed by atoms with van der Waals surface area (Å²) in [7, 11) is 0. The molecular formula is C18H15N5O2S. The molecule has 0 saturated heterocycles. The van der Waals surface area contributed by atoms with Crippen LogP contribution in [0.2, 0.25) is 0 Å². The molecule has 7 nitrogen and oxygen atoms in total. The van der Waals surface area contributed by atoms with Crippen molar-refractivity contribution in [1.82, 2.24) is 24.8 Å². The van der Waals surface area contributed by atoms with Gasteiger partial charge in [0.2, 0.25) is 5.76 Å². The number of imidazole rings is 1. The third-order valence-electron chi connectivity index (χ3n) is 4.62. The molecule has 1 atom stereocenters. The molecule has 4 aromatic rings. The SMILES string of the molecule is Cc1ccc2sc([C@@H]3c4nc[nH]c4CCN3C(=O)c3cnco3)nc2c1. The predicted molar refractivity (Wildman–Crippen MR) is 96.0 cm³/mol. The van der Waals surface area contributed by atoms with E-state index in [0.717, 1.165) is 38.6 Å². The van der Waals surface area contributed by atoms with E-state index < -0.39 is 0 Å². The Morgan fingerprint density at radius 2 is 2.35 bits per heavy atom. The number of oxazole rings is 1. The summed E-state index contributed by atoms with van der Waals surface area (Å²) in [4.78, 5) is 31.1. The van der Waals surface area contributed by atoms with Gasteiger partial charge < -0.3 is 14.3 Å². The fraction of sp³-hybridized carbons (Fsp3) is 0.222. The smallest absolute Gasteiger partial charge is 0.292 e. The maximum absolute atomic E-state index is 13.0. The molecule has 26 heavy (non-hydrogen) atoms. The first-order valence-electron chi connectivity index (χ1n) is 8.29. The van der Waals surface area contributed by atoms with Crippen LogP contribution < -0.4 is 0 Å². The van der Waals surface area contributed by atoms with Crippen LogP contribution in [0, 0.1) is 6.92 Å². The number of thiazole rings is 1. The number of carbonyl (C=O) groups is 1. The van der Waals surface area contributed by atoms with Crippen LogP contribution in [0.3, 0.4) is 0 Å². The summed E-state index contributed by atoms with van der Waals surface area (Å²) in [5.41, 5.74) is 4.00. The molecule has 1 aliphatic rings. The van der Waals surface area contributed by atoms with Crippen molar-refractivity contribution in [3.63, 3.8) is 0 Å². The number of aryl methyl sites for hydroxylation is 1. The molecule has 8 heteroatoms. The van der Waals surface area contributed by atoms with Gasteiger partial charge >= 0.3 is 0 Å². The molecule has 0 radical (unpaired) electrons. The van der Waals surface area contributed by atoms with Crippen LogP contribution in [0.15, 0.2) is 41.5 Å². The maximum atomic E-state index is 13.0. The van der Waals surface area contributed by atoms with Crippen LogP contribution in [-0.2, 0) is 6.42 Å². The van der Waals surface area contributed by atoms with Gasteiger partial charge in [0, 0.05) is 18.7 Å². The van der Waals surface area contributed by atoms with Crippen molar-refractivity contribution < 1.29 is 9.21 Å². The molecule has 1 N–H and O–H groups in total. The number of nitrogens with one attached hydrogen (secondary N) is 1. The van der Waals surface area contributed by atoms with Gasteiger partial charge in [-0.25, -0.2) is 15.0 Å². The van der Waals surface area contributed by atoms with Gasteiger partial charge in [-0.2, -0.15) is 0 Å². The van der Waals surface area contributed by atoms with Gasteiger partial charge in [-0.1, -0.05) is 6.07 Å². The van der Waals surface area contributed by atoms with Crippen molar-refractivity contribution in [2.45, 2.75) is 19.4 Å². The molecule has 1 amide bonds. The normalized spacial score (nSPS) is 16.8. The third kappa shape index (κ3) is 2.33. The number of H-pyrrole nitrogens is 1. The zero-order valence-corrected chi connectivity index (χ0v) is 14.8. The lowest BCUT2D eigenvalue weighted by Gasteiger charge is -2.33. The quantitative estimate of drug-likeness (QED) is 0.590. The number of fused-ring (bicyclic) bond motifs is 2. The molecule has 0 aliphatic carbocycles. The number of hydrogen-bond acceptors (Lipinski definition) is 6. The molecule has 3 aromatic heterocycles. The minimum Gasteiger partial charge on any atom is -0.438 e. The number of hydrogen-bond donors (Lipinski definition) is 1. The molecule has 4 heterocycles. The van der Waals surface area contributed by atoms with Crippen LogP contribution >= 0.6 is 11.3 Å². The summed E-state index contributed by atoms with van der Waals surface area (Å²) in [5, 5.41) is 0.853. The monoisotopic (exact) mass is 365 g/mol. The Bertz CT molecular complexity index is 1100. The maximum Gasteiger partial charge on any atom is 0.292 e. The van der Waals surface area contributed by atoms with E-state index in [2.05, 4.69) is 33.2 Å². The van der Waals surface area contributed by atoms with Crippen molar-refractivity contribution >= 4 is 27.5 Å². The van der Waals surface area contributed by atoms with Crippen LogP contribution in [-0.4, -0.2) is 37.3 Å². The first-order chi connectivity index (χ1) is 12.7. The predicted octanol–water partition coefficient (Wildman–Crippen LogP) is 3.10. The van der Waals surface area contributed by atoms with Crippen molar-refractivity contribution in [2.75, 3.05) is 6.54 Å². The average Bonchev–Trinajstić information content (AvgIpc) is 3.38. The second kappa shape index (κ2) is 5.77. The average molecular weight is 365 g/mol. The van der Waals surface area contributed by atoms with Gasteiger partial charge in [-0.15, -0.1) is 11.3 Å². The summed E-state index contributed by atoms with van der Waals surface area (Å²) in [6.07, 6.45) is 5.11. The number of rotatable bonds is 2. The lowest BCUT2D eigenvalue weighted by Crippen LogP contribution is -2.40. The molecule has 130 valence electrons. The highest BCUT2D eigenvalue weighted by molar-refractivity contribution is 7.18. The fourth-order valence-corrected chi connectivity index (χ4v) is 4.45. The Labute approximate surface area is 152 Å². The van der Waals surface area contributed by atoms with Gasteiger partial charge in [0.05, 0.1) is 28.4 Å². The van der Waals surface area contributed by atoms with E-state index in [1.165, 1.54) is 12.6 Å². The first-order valence-corrected chi connectivity index (χ1v) is 9.11. The molecule has 0 unspecified atom stereocenters. The lowest BCUT2D eigenvalue weighted by atomic mass is 10.0. The second-order valence-electron chi connectivity index (χ2n) is 6.31. The number of nitrogens with zero attached hydrogens (tertiary/aromatic N) is 4. The number of benzene rings is 1. The highest BCUT2D eigenvalue weighted by Crippen LogP contribution is 2.38. The Hall–Kier alpha value is -3.00. The Morgan fingerprint density at radius 1 is 1.42 bits per heavy atom. The third-order valence-corrected chi connectivity index (χ3v) is 5.71. The van der Waals surface area contributed by atoms with E-state index >= 15 is 0 Å². The van der Waals surface area contributed by atoms with Crippen LogP contribution in [0.4, 0.5) is 0 Å². The van der Waals surface area contributed by atoms with Crippen molar-refractivity contribution in [1.29, 1.82) is 0 Å².